The Morgan fingerprint density at radius 2 is 2.10 bits per heavy atom. The number of hydrogen-bond donors (Lipinski definition) is 3. The summed E-state index contributed by atoms with van der Waals surface area (Å²) in [5.74, 6) is -0.804. The lowest BCUT2D eigenvalue weighted by Crippen LogP contribution is -2.36. The van der Waals surface area contributed by atoms with Gasteiger partial charge in [-0.15, -0.1) is 0 Å². The number of hydrogen-bond acceptors (Lipinski definition) is 11. The number of carbonyl (C=O) groups is 1. The molecular weight excluding hydrogens is 607 g/mol. The molecule has 3 N–H and O–H groups in total. The van der Waals surface area contributed by atoms with Crippen LogP contribution in [0.5, 0.6) is 5.75 Å². The minimum atomic E-state index is -4.36. The third-order valence-electron chi connectivity index (χ3n) is 5.43. The number of ether oxygens (including phenoxy) is 2. The lowest BCUT2D eigenvalue weighted by atomic mass is 10.2. The Kier molecular flexibility index (Phi) is 10.4. The lowest BCUT2D eigenvalue weighted by molar-refractivity contribution is -0.384. The maximum absolute atomic E-state index is 13.6. The van der Waals surface area contributed by atoms with Crippen molar-refractivity contribution < 1.29 is 37.9 Å². The van der Waals surface area contributed by atoms with Crippen LogP contribution < -0.4 is 20.9 Å². The predicted octanol–water partition coefficient (Wildman–Crippen LogP) is 2.20. The Balaban J connectivity index is 1.78. The molecule has 2 aromatic rings. The molecule has 1 aliphatic heterocycles. The van der Waals surface area contributed by atoms with E-state index in [4.69, 9.17) is 18.5 Å². The number of non-ortho nitro benzene ring substituents is 1. The van der Waals surface area contributed by atoms with Gasteiger partial charge in [-0.25, -0.2) is 9.36 Å². The van der Waals surface area contributed by atoms with Gasteiger partial charge in [0.25, 0.3) is 11.2 Å². The van der Waals surface area contributed by atoms with Crippen molar-refractivity contribution >= 4 is 41.4 Å². The first-order chi connectivity index (χ1) is 18.5. The van der Waals surface area contributed by atoms with Crippen LogP contribution in [0.2, 0.25) is 0 Å². The highest BCUT2D eigenvalue weighted by Crippen LogP contribution is 2.46. The average Bonchev–Trinajstić information content (AvgIpc) is 3.25. The van der Waals surface area contributed by atoms with Crippen LogP contribution in [0.3, 0.4) is 0 Å². The fraction of sp³-hybridized carbons (Fsp3) is 0.409. The molecule has 0 saturated carbocycles. The van der Waals surface area contributed by atoms with Crippen molar-refractivity contribution in [1.82, 2.24) is 14.6 Å². The number of esters is 1. The highest BCUT2D eigenvalue weighted by atomic mass is 79.9. The molecule has 2 unspecified atom stereocenters. The van der Waals surface area contributed by atoms with Crippen LogP contribution in [0.1, 0.15) is 32.1 Å². The molecule has 212 valence electrons. The van der Waals surface area contributed by atoms with Crippen molar-refractivity contribution in [1.29, 1.82) is 0 Å². The summed E-state index contributed by atoms with van der Waals surface area (Å²) >= 11 is 3.06. The van der Waals surface area contributed by atoms with Gasteiger partial charge in [-0.1, -0.05) is 15.9 Å². The monoisotopic (exact) mass is 632 g/mol. The highest BCUT2D eigenvalue weighted by Gasteiger charge is 2.39. The summed E-state index contributed by atoms with van der Waals surface area (Å²) in [7, 11) is -4.36. The summed E-state index contributed by atoms with van der Waals surface area (Å²) in [5, 5.41) is 23.9. The first kappa shape index (κ1) is 30.4. The predicted molar refractivity (Wildman–Crippen MR) is 140 cm³/mol. The number of rotatable bonds is 12. The van der Waals surface area contributed by atoms with Crippen LogP contribution in [-0.2, 0) is 23.4 Å². The van der Waals surface area contributed by atoms with Gasteiger partial charge < -0.3 is 19.1 Å². The SMILES string of the molecule is CCOC(=O)[C@H](C)NP(=O)(OC[C@H]1O[C@@H](n2cc(/C=C/Br)c(=O)[nH]c2=O)CC1O)Oc1ccc([N+](=O)[O-])cc1. The summed E-state index contributed by atoms with van der Waals surface area (Å²) < 4.78 is 36.3. The third-order valence-corrected chi connectivity index (χ3v) is 7.33. The van der Waals surface area contributed by atoms with Gasteiger partial charge in [0.1, 0.15) is 24.1 Å². The molecule has 1 aromatic carbocycles. The Bertz CT molecular complexity index is 1380. The zero-order chi connectivity index (χ0) is 28.7. The molecule has 17 heteroatoms. The van der Waals surface area contributed by atoms with E-state index in [1.807, 2.05) is 0 Å². The number of carbonyl (C=O) groups excluding carboxylic acids is 1. The van der Waals surface area contributed by atoms with Crippen molar-refractivity contribution in [2.24, 2.45) is 0 Å². The smallest absolute Gasteiger partial charge is 0.459 e. The lowest BCUT2D eigenvalue weighted by Gasteiger charge is -2.24. The quantitative estimate of drug-likeness (QED) is 0.133. The van der Waals surface area contributed by atoms with Crippen LogP contribution in [0.4, 0.5) is 5.69 Å². The summed E-state index contributed by atoms with van der Waals surface area (Å²) in [5.41, 5.74) is -1.45. The second kappa shape index (κ2) is 13.3. The number of aromatic amines is 1. The summed E-state index contributed by atoms with van der Waals surface area (Å²) in [4.78, 5) is 50.3. The number of aliphatic hydroxyl groups is 1. The van der Waals surface area contributed by atoms with Crippen LogP contribution in [-0.4, -0.2) is 57.0 Å². The van der Waals surface area contributed by atoms with Crippen molar-refractivity contribution in [2.45, 2.75) is 44.7 Å². The standard InChI is InChI=1S/C22H26BrN4O11P/c1-3-35-21(30)13(2)25-39(34,38-16-6-4-15(5-7-16)27(32)33)36-12-18-17(28)10-19(37-18)26-11-14(8-9-23)20(29)24-22(26)31/h4-9,11,13,17-19,28H,3,10,12H2,1-2H3,(H,25,34)(H,24,29,31)/b9-8+/t13-,17?,18+,19+,39?/m0/s1. The van der Waals surface area contributed by atoms with Gasteiger partial charge in [-0.05, 0) is 37.0 Å². The minimum absolute atomic E-state index is 0.0579. The van der Waals surface area contributed by atoms with E-state index in [-0.39, 0.29) is 30.0 Å². The Hall–Kier alpha value is -3.14. The number of nitro groups is 1. The minimum Gasteiger partial charge on any atom is -0.465 e. The van der Waals surface area contributed by atoms with E-state index in [2.05, 4.69) is 26.0 Å². The van der Waals surface area contributed by atoms with E-state index in [1.54, 1.807) is 6.92 Å². The third kappa shape index (κ3) is 7.94. The molecule has 3 rings (SSSR count). The second-order valence-electron chi connectivity index (χ2n) is 8.21. The first-order valence-electron chi connectivity index (χ1n) is 11.5. The Morgan fingerprint density at radius 1 is 1.41 bits per heavy atom. The van der Waals surface area contributed by atoms with E-state index < -0.39 is 61.0 Å². The van der Waals surface area contributed by atoms with Gasteiger partial charge in [0, 0.05) is 24.8 Å². The molecule has 15 nitrogen and oxygen atoms in total. The Labute approximate surface area is 229 Å². The molecule has 1 aliphatic rings. The number of nitrogens with zero attached hydrogens (tertiary/aromatic N) is 2. The number of H-pyrrole nitrogens is 1. The number of nitro benzene ring substituents is 1. The fourth-order valence-electron chi connectivity index (χ4n) is 3.52. The van der Waals surface area contributed by atoms with Crippen molar-refractivity contribution in [3.8, 4) is 5.75 Å². The summed E-state index contributed by atoms with van der Waals surface area (Å²) in [6.45, 7) is 2.53. The number of nitrogens with one attached hydrogen (secondary N) is 2. The molecule has 0 spiro atoms. The van der Waals surface area contributed by atoms with Crippen LogP contribution in [0.15, 0.2) is 45.0 Å². The van der Waals surface area contributed by atoms with Crippen molar-refractivity contribution in [3.63, 3.8) is 0 Å². The highest BCUT2D eigenvalue weighted by molar-refractivity contribution is 9.11. The average molecular weight is 633 g/mol. The maximum atomic E-state index is 13.6. The topological polar surface area (TPSA) is 201 Å². The molecule has 1 aromatic heterocycles. The largest absolute Gasteiger partial charge is 0.465 e. The fourth-order valence-corrected chi connectivity index (χ4v) is 5.31. The van der Waals surface area contributed by atoms with Crippen LogP contribution >= 0.6 is 23.7 Å². The van der Waals surface area contributed by atoms with Gasteiger partial charge in [-0.2, -0.15) is 5.09 Å². The van der Waals surface area contributed by atoms with Crippen molar-refractivity contribution in [3.05, 3.63) is 72.0 Å². The second-order valence-corrected chi connectivity index (χ2v) is 10.4. The molecule has 0 amide bonds. The number of benzene rings is 1. The van der Waals surface area contributed by atoms with Gasteiger partial charge in [-0.3, -0.25) is 33.8 Å². The number of aromatic nitrogens is 2. The van der Waals surface area contributed by atoms with Crippen LogP contribution in [0, 0.1) is 10.1 Å². The number of aliphatic hydroxyl groups excluding tert-OH is 1. The zero-order valence-corrected chi connectivity index (χ0v) is 23.2. The molecule has 5 atom stereocenters. The van der Waals surface area contributed by atoms with E-state index >= 15 is 0 Å². The summed E-state index contributed by atoms with van der Waals surface area (Å²) in [6.07, 6.45) is -0.607. The van der Waals surface area contributed by atoms with Gasteiger partial charge in [0.15, 0.2) is 0 Å². The molecule has 0 bridgehead atoms. The molecule has 39 heavy (non-hydrogen) atoms. The molecule has 0 radical (unpaired) electrons. The zero-order valence-electron chi connectivity index (χ0n) is 20.7. The van der Waals surface area contributed by atoms with E-state index in [9.17, 15) is 34.2 Å². The van der Waals surface area contributed by atoms with Gasteiger partial charge in [0.05, 0.1) is 29.8 Å². The molecule has 2 heterocycles. The molecule has 1 saturated heterocycles. The molecule has 0 aliphatic carbocycles. The van der Waals surface area contributed by atoms with Gasteiger partial charge in [0.2, 0.25) is 0 Å². The van der Waals surface area contributed by atoms with Crippen LogP contribution in [0.25, 0.3) is 6.08 Å². The number of halogens is 1. The Morgan fingerprint density at radius 3 is 2.72 bits per heavy atom. The maximum Gasteiger partial charge on any atom is 0.459 e. The molecular formula is C22H26BrN4O11P. The normalized spacial score (nSPS) is 21.4. The van der Waals surface area contributed by atoms with E-state index in [0.717, 1.165) is 16.7 Å². The first-order valence-corrected chi connectivity index (χ1v) is 14.0. The van der Waals surface area contributed by atoms with Gasteiger partial charge >= 0.3 is 19.4 Å². The van der Waals surface area contributed by atoms with E-state index in [1.165, 1.54) is 36.3 Å². The summed E-state index contributed by atoms with van der Waals surface area (Å²) in [6, 6.07) is 3.51. The van der Waals surface area contributed by atoms with Crippen molar-refractivity contribution in [2.75, 3.05) is 13.2 Å². The van der Waals surface area contributed by atoms with E-state index in [0.29, 0.717) is 0 Å². The molecule has 1 fully saturated rings.